The lowest BCUT2D eigenvalue weighted by Gasteiger charge is -2.26. The maximum atomic E-state index is 5.95. The topological polar surface area (TPSA) is 35.0 Å². The molecule has 0 unspecified atom stereocenters. The maximum absolute atomic E-state index is 5.95. The van der Waals surface area contributed by atoms with E-state index in [-0.39, 0.29) is 0 Å². The highest BCUT2D eigenvalue weighted by Crippen LogP contribution is 2.32. The normalized spacial score (nSPS) is 18.2. The van der Waals surface area contributed by atoms with Gasteiger partial charge in [-0.05, 0) is 80.2 Å². The molecule has 1 heterocycles. The zero-order valence-corrected chi connectivity index (χ0v) is 22.4. The Labute approximate surface area is 214 Å². The van der Waals surface area contributed by atoms with Crippen LogP contribution < -0.4 is 4.74 Å². The number of nitrogens with zero attached hydrogens (tertiary/aromatic N) is 2. The lowest BCUT2D eigenvalue weighted by molar-refractivity contribution is 0.288. The molecule has 0 aliphatic heterocycles. The van der Waals surface area contributed by atoms with Crippen LogP contribution in [-0.2, 0) is 6.42 Å². The van der Waals surface area contributed by atoms with E-state index < -0.39 is 0 Å². The molecule has 35 heavy (non-hydrogen) atoms. The second-order valence-electron chi connectivity index (χ2n) is 10.5. The van der Waals surface area contributed by atoms with Crippen LogP contribution in [-0.4, -0.2) is 16.6 Å². The number of rotatable bonds is 16. The van der Waals surface area contributed by atoms with Gasteiger partial charge in [0.25, 0.3) is 0 Å². The Morgan fingerprint density at radius 3 is 2.17 bits per heavy atom. The Morgan fingerprint density at radius 2 is 1.46 bits per heavy atom. The first kappa shape index (κ1) is 27.4. The van der Waals surface area contributed by atoms with Crippen molar-refractivity contribution >= 4 is 0 Å². The van der Waals surface area contributed by atoms with Crippen LogP contribution in [0.5, 0.6) is 5.75 Å². The molecule has 192 valence electrons. The summed E-state index contributed by atoms with van der Waals surface area (Å²) in [6.07, 6.45) is 28.7. The molecule has 3 rings (SSSR count). The molecule has 1 fully saturated rings. The Bertz CT molecular complexity index is 820. The quantitative estimate of drug-likeness (QED) is 0.179. The van der Waals surface area contributed by atoms with Crippen molar-refractivity contribution in [1.82, 2.24) is 9.97 Å². The average molecular weight is 477 g/mol. The molecule has 0 atom stereocenters. The Balaban J connectivity index is 1.33. The van der Waals surface area contributed by atoms with Crippen LogP contribution in [0.15, 0.2) is 48.8 Å². The molecular weight excluding hydrogens is 428 g/mol. The van der Waals surface area contributed by atoms with Gasteiger partial charge in [0.05, 0.1) is 0 Å². The SMILES string of the molecule is CCCCCCCCc1cnc(-c2ccc(OC/C=C/C3CCC(CCCCC)CC3)cc2)nc1. The molecule has 0 spiro atoms. The molecule has 0 radical (unpaired) electrons. The van der Waals surface area contributed by atoms with Gasteiger partial charge >= 0.3 is 0 Å². The summed E-state index contributed by atoms with van der Waals surface area (Å²) >= 11 is 0. The summed E-state index contributed by atoms with van der Waals surface area (Å²) in [6, 6.07) is 8.17. The van der Waals surface area contributed by atoms with Crippen LogP contribution in [0.1, 0.15) is 109 Å². The predicted molar refractivity (Wildman–Crippen MR) is 149 cm³/mol. The van der Waals surface area contributed by atoms with Gasteiger partial charge in [-0.25, -0.2) is 9.97 Å². The van der Waals surface area contributed by atoms with Gasteiger partial charge in [0.2, 0.25) is 0 Å². The van der Waals surface area contributed by atoms with Crippen LogP contribution >= 0.6 is 0 Å². The minimum atomic E-state index is 0.638. The van der Waals surface area contributed by atoms with Crippen molar-refractivity contribution in [1.29, 1.82) is 0 Å². The van der Waals surface area contributed by atoms with E-state index >= 15 is 0 Å². The van der Waals surface area contributed by atoms with Gasteiger partial charge in [-0.15, -0.1) is 0 Å². The first-order valence-electron chi connectivity index (χ1n) is 14.5. The summed E-state index contributed by atoms with van der Waals surface area (Å²) in [7, 11) is 0. The third-order valence-electron chi connectivity index (χ3n) is 7.50. The smallest absolute Gasteiger partial charge is 0.159 e. The summed E-state index contributed by atoms with van der Waals surface area (Å²) in [5, 5.41) is 0. The fourth-order valence-corrected chi connectivity index (χ4v) is 5.19. The first-order valence-corrected chi connectivity index (χ1v) is 14.5. The fourth-order valence-electron chi connectivity index (χ4n) is 5.19. The number of benzene rings is 1. The molecular formula is C32H48N2O. The minimum Gasteiger partial charge on any atom is -0.490 e. The summed E-state index contributed by atoms with van der Waals surface area (Å²) in [5.74, 6) is 3.40. The van der Waals surface area contributed by atoms with E-state index in [0.29, 0.717) is 6.61 Å². The van der Waals surface area contributed by atoms with Gasteiger partial charge in [-0.1, -0.05) is 83.8 Å². The third-order valence-corrected chi connectivity index (χ3v) is 7.50. The van der Waals surface area contributed by atoms with Crippen LogP contribution in [0, 0.1) is 11.8 Å². The van der Waals surface area contributed by atoms with Gasteiger partial charge in [-0.2, -0.15) is 0 Å². The highest BCUT2D eigenvalue weighted by Gasteiger charge is 2.18. The maximum Gasteiger partial charge on any atom is 0.159 e. The van der Waals surface area contributed by atoms with Crippen LogP contribution in [0.4, 0.5) is 0 Å². The number of unbranched alkanes of at least 4 members (excludes halogenated alkanes) is 7. The molecule has 1 aromatic carbocycles. The van der Waals surface area contributed by atoms with Crippen molar-refractivity contribution in [2.45, 2.75) is 110 Å². The van der Waals surface area contributed by atoms with E-state index in [1.807, 2.05) is 24.5 Å². The summed E-state index contributed by atoms with van der Waals surface area (Å²) in [6.45, 7) is 5.20. The lowest BCUT2D eigenvalue weighted by atomic mass is 9.79. The van der Waals surface area contributed by atoms with Gasteiger partial charge in [-0.3, -0.25) is 0 Å². The zero-order valence-electron chi connectivity index (χ0n) is 22.4. The van der Waals surface area contributed by atoms with E-state index in [0.717, 1.165) is 35.4 Å². The van der Waals surface area contributed by atoms with Crippen LogP contribution in [0.3, 0.4) is 0 Å². The van der Waals surface area contributed by atoms with Crippen molar-refractivity contribution in [3.8, 4) is 17.1 Å². The van der Waals surface area contributed by atoms with Crippen LogP contribution in [0.25, 0.3) is 11.4 Å². The molecule has 1 aliphatic rings. The van der Waals surface area contributed by atoms with Gasteiger partial charge in [0, 0.05) is 18.0 Å². The molecule has 3 nitrogen and oxygen atoms in total. The Morgan fingerprint density at radius 1 is 0.800 bits per heavy atom. The molecule has 1 saturated carbocycles. The van der Waals surface area contributed by atoms with E-state index in [2.05, 4.69) is 48.1 Å². The van der Waals surface area contributed by atoms with Crippen LogP contribution in [0.2, 0.25) is 0 Å². The molecule has 3 heteroatoms. The molecule has 1 aromatic heterocycles. The van der Waals surface area contributed by atoms with Crippen molar-refractivity contribution < 1.29 is 4.74 Å². The minimum absolute atomic E-state index is 0.638. The number of aryl methyl sites for hydroxylation is 1. The summed E-state index contributed by atoms with van der Waals surface area (Å²) < 4.78 is 5.95. The summed E-state index contributed by atoms with van der Waals surface area (Å²) in [4.78, 5) is 9.19. The van der Waals surface area contributed by atoms with Gasteiger partial charge in [0.15, 0.2) is 5.82 Å². The van der Waals surface area contributed by atoms with E-state index in [9.17, 15) is 0 Å². The molecule has 0 bridgehead atoms. The van der Waals surface area contributed by atoms with E-state index in [1.165, 1.54) is 95.5 Å². The van der Waals surface area contributed by atoms with E-state index in [1.54, 1.807) is 0 Å². The predicted octanol–water partition coefficient (Wildman–Crippen LogP) is 9.37. The largest absolute Gasteiger partial charge is 0.490 e. The zero-order chi connectivity index (χ0) is 24.6. The highest BCUT2D eigenvalue weighted by molar-refractivity contribution is 5.55. The lowest BCUT2D eigenvalue weighted by Crippen LogP contribution is -2.13. The first-order chi connectivity index (χ1) is 17.3. The number of hydrogen-bond donors (Lipinski definition) is 0. The molecule has 2 aromatic rings. The number of allylic oxidation sites excluding steroid dienone is 1. The van der Waals surface area contributed by atoms with Crippen molar-refractivity contribution in [3.05, 3.63) is 54.4 Å². The monoisotopic (exact) mass is 476 g/mol. The summed E-state index contributed by atoms with van der Waals surface area (Å²) in [5.41, 5.74) is 2.27. The number of ether oxygens (including phenoxy) is 1. The molecule has 0 saturated heterocycles. The second kappa shape index (κ2) is 16.5. The highest BCUT2D eigenvalue weighted by atomic mass is 16.5. The average Bonchev–Trinajstić information content (AvgIpc) is 2.90. The van der Waals surface area contributed by atoms with Crippen molar-refractivity contribution in [3.63, 3.8) is 0 Å². The number of hydrogen-bond acceptors (Lipinski definition) is 3. The standard InChI is InChI=1S/C32H48N2O/c1-3-5-7-8-9-11-14-29-25-33-32(34-26-29)30-20-22-31(23-21-30)35-24-12-15-28-18-16-27(17-19-28)13-10-6-4-2/h12,15,20-23,25-28H,3-11,13-14,16-19,24H2,1-2H3/b15-12+. The molecule has 0 amide bonds. The Kier molecular flexibility index (Phi) is 12.9. The van der Waals surface area contributed by atoms with Gasteiger partial charge in [0.1, 0.15) is 12.4 Å². The Hall–Kier alpha value is -2.16. The fraction of sp³-hybridized carbons (Fsp3) is 0.625. The van der Waals surface area contributed by atoms with Gasteiger partial charge < -0.3 is 4.74 Å². The second-order valence-corrected chi connectivity index (χ2v) is 10.5. The van der Waals surface area contributed by atoms with Crippen molar-refractivity contribution in [2.75, 3.05) is 6.61 Å². The number of aromatic nitrogens is 2. The molecule has 0 N–H and O–H groups in total. The van der Waals surface area contributed by atoms with Crippen molar-refractivity contribution in [2.24, 2.45) is 11.8 Å². The third kappa shape index (κ3) is 10.5. The molecule has 1 aliphatic carbocycles. The van der Waals surface area contributed by atoms with E-state index in [4.69, 9.17) is 4.74 Å².